The summed E-state index contributed by atoms with van der Waals surface area (Å²) in [5, 5.41) is 6.14. The van der Waals surface area contributed by atoms with Gasteiger partial charge in [-0.3, -0.25) is 4.79 Å². The van der Waals surface area contributed by atoms with Crippen molar-refractivity contribution in [2.45, 2.75) is 38.6 Å². The number of amides is 1. The summed E-state index contributed by atoms with van der Waals surface area (Å²) in [5.74, 6) is 1.99. The van der Waals surface area contributed by atoms with Crippen LogP contribution in [0.4, 0.5) is 5.69 Å². The van der Waals surface area contributed by atoms with Crippen LogP contribution in [-0.2, 0) is 17.8 Å². The average molecular weight is 324 g/mol. The highest BCUT2D eigenvalue weighted by Gasteiger charge is 2.20. The molecule has 1 aliphatic carbocycles. The van der Waals surface area contributed by atoms with Crippen LogP contribution in [0.2, 0.25) is 0 Å². The Bertz CT molecular complexity index is 692. The summed E-state index contributed by atoms with van der Waals surface area (Å²) in [6.45, 7) is 2.41. The zero-order valence-electron chi connectivity index (χ0n) is 13.9. The van der Waals surface area contributed by atoms with E-state index in [1.54, 1.807) is 0 Å². The molecule has 0 saturated heterocycles. The van der Waals surface area contributed by atoms with Crippen molar-refractivity contribution < 1.29 is 4.79 Å². The van der Waals surface area contributed by atoms with E-state index in [0.717, 1.165) is 42.4 Å². The molecule has 2 aliphatic rings. The van der Waals surface area contributed by atoms with Gasteiger partial charge in [0.1, 0.15) is 5.82 Å². The van der Waals surface area contributed by atoms with Gasteiger partial charge in [0.15, 0.2) is 0 Å². The van der Waals surface area contributed by atoms with Crippen molar-refractivity contribution in [2.75, 3.05) is 18.4 Å². The molecular formula is C19H24N4O. The van der Waals surface area contributed by atoms with Crippen molar-refractivity contribution in [3.05, 3.63) is 36.3 Å². The second-order valence-corrected chi connectivity index (χ2v) is 6.89. The van der Waals surface area contributed by atoms with Gasteiger partial charge in [-0.25, -0.2) is 4.98 Å². The molecule has 1 fully saturated rings. The number of hydrogen-bond donors (Lipinski definition) is 2. The Balaban J connectivity index is 1.35. The minimum atomic E-state index is 0.0147. The molecule has 0 bridgehead atoms. The number of benzene rings is 1. The highest BCUT2D eigenvalue weighted by molar-refractivity contribution is 5.92. The van der Waals surface area contributed by atoms with Crippen molar-refractivity contribution in [2.24, 2.45) is 5.92 Å². The smallest absolute Gasteiger partial charge is 0.238 e. The van der Waals surface area contributed by atoms with Gasteiger partial charge in [0.25, 0.3) is 0 Å². The minimum absolute atomic E-state index is 0.0147. The van der Waals surface area contributed by atoms with Crippen LogP contribution in [-0.4, -0.2) is 28.5 Å². The Labute approximate surface area is 142 Å². The molecule has 1 aromatic heterocycles. The highest BCUT2D eigenvalue weighted by Crippen LogP contribution is 2.27. The lowest BCUT2D eigenvalue weighted by Crippen LogP contribution is -2.29. The number of fused-ring (bicyclic) bond motifs is 1. The zero-order chi connectivity index (χ0) is 16.4. The van der Waals surface area contributed by atoms with Crippen LogP contribution in [0.5, 0.6) is 0 Å². The number of carbonyl (C=O) groups excluding carboxylic acids is 1. The second-order valence-electron chi connectivity index (χ2n) is 6.89. The monoisotopic (exact) mass is 324 g/mol. The number of nitrogens with zero attached hydrogens (tertiary/aromatic N) is 2. The van der Waals surface area contributed by atoms with Gasteiger partial charge in [0, 0.05) is 30.4 Å². The van der Waals surface area contributed by atoms with E-state index in [2.05, 4.69) is 21.4 Å². The fourth-order valence-corrected chi connectivity index (χ4v) is 3.19. The molecule has 2 N–H and O–H groups in total. The summed E-state index contributed by atoms with van der Waals surface area (Å²) in [6.07, 6.45) is 8.28. The van der Waals surface area contributed by atoms with Gasteiger partial charge in [-0.2, -0.15) is 0 Å². The first kappa shape index (κ1) is 15.4. The predicted octanol–water partition coefficient (Wildman–Crippen LogP) is 2.82. The van der Waals surface area contributed by atoms with Crippen LogP contribution >= 0.6 is 0 Å². The van der Waals surface area contributed by atoms with Crippen LogP contribution in [0, 0.1) is 5.92 Å². The maximum Gasteiger partial charge on any atom is 0.238 e. The number of aryl methyl sites for hydroxylation is 2. The molecule has 2 aromatic rings. The number of aromatic nitrogens is 2. The average Bonchev–Trinajstić information content (AvgIpc) is 3.31. The fourth-order valence-electron chi connectivity index (χ4n) is 3.19. The number of carbonyl (C=O) groups is 1. The Morgan fingerprint density at radius 3 is 2.79 bits per heavy atom. The summed E-state index contributed by atoms with van der Waals surface area (Å²) in [7, 11) is 0. The van der Waals surface area contributed by atoms with E-state index in [1.165, 1.54) is 31.5 Å². The van der Waals surface area contributed by atoms with Gasteiger partial charge in [0.05, 0.1) is 12.2 Å². The number of nitrogens with one attached hydrogen (secondary N) is 2. The molecule has 0 atom stereocenters. The summed E-state index contributed by atoms with van der Waals surface area (Å²) in [4.78, 5) is 16.7. The molecule has 0 unspecified atom stereocenters. The Hall–Kier alpha value is -2.14. The summed E-state index contributed by atoms with van der Waals surface area (Å²) >= 11 is 0. The number of hydrogen-bond acceptors (Lipinski definition) is 3. The third kappa shape index (κ3) is 3.67. The maximum atomic E-state index is 11.9. The number of rotatable bonds is 6. The largest absolute Gasteiger partial charge is 0.334 e. The molecular weight excluding hydrogens is 300 g/mol. The highest BCUT2D eigenvalue weighted by atomic mass is 16.1. The quantitative estimate of drug-likeness (QED) is 0.859. The lowest BCUT2D eigenvalue weighted by Gasteiger charge is -2.11. The van der Waals surface area contributed by atoms with Gasteiger partial charge in [-0.05, 0) is 50.3 Å². The molecule has 0 radical (unpaired) electrons. The molecule has 4 rings (SSSR count). The van der Waals surface area contributed by atoms with Gasteiger partial charge >= 0.3 is 0 Å². The molecule has 1 saturated carbocycles. The Morgan fingerprint density at radius 1 is 1.21 bits per heavy atom. The van der Waals surface area contributed by atoms with E-state index in [-0.39, 0.29) is 5.91 Å². The molecule has 24 heavy (non-hydrogen) atoms. The lowest BCUT2D eigenvalue weighted by molar-refractivity contribution is -0.115. The van der Waals surface area contributed by atoms with Crippen LogP contribution in [0.25, 0.3) is 11.3 Å². The van der Waals surface area contributed by atoms with E-state index in [4.69, 9.17) is 4.98 Å². The van der Waals surface area contributed by atoms with Crippen molar-refractivity contribution in [3.8, 4) is 11.3 Å². The van der Waals surface area contributed by atoms with E-state index >= 15 is 0 Å². The third-order valence-electron chi connectivity index (χ3n) is 4.79. The molecule has 2 heterocycles. The molecule has 5 nitrogen and oxygen atoms in total. The first-order chi connectivity index (χ1) is 11.8. The van der Waals surface area contributed by atoms with E-state index in [9.17, 15) is 4.79 Å². The lowest BCUT2D eigenvalue weighted by atomic mass is 10.1. The summed E-state index contributed by atoms with van der Waals surface area (Å²) < 4.78 is 2.26. The second kappa shape index (κ2) is 6.77. The van der Waals surface area contributed by atoms with Crippen molar-refractivity contribution >= 4 is 11.6 Å². The van der Waals surface area contributed by atoms with E-state index in [1.807, 2.05) is 24.3 Å². The van der Waals surface area contributed by atoms with Gasteiger partial charge in [-0.1, -0.05) is 12.1 Å². The van der Waals surface area contributed by atoms with Crippen LogP contribution in [0.3, 0.4) is 0 Å². The zero-order valence-corrected chi connectivity index (χ0v) is 13.9. The van der Waals surface area contributed by atoms with E-state index < -0.39 is 0 Å². The third-order valence-corrected chi connectivity index (χ3v) is 4.79. The molecule has 126 valence electrons. The minimum Gasteiger partial charge on any atom is -0.334 e. The Kier molecular flexibility index (Phi) is 4.34. The topological polar surface area (TPSA) is 59.0 Å². The number of imidazole rings is 1. The normalized spacial score (nSPS) is 16.7. The molecule has 1 aromatic carbocycles. The van der Waals surface area contributed by atoms with Crippen molar-refractivity contribution in [1.29, 1.82) is 0 Å². The first-order valence-electron chi connectivity index (χ1n) is 8.95. The summed E-state index contributed by atoms with van der Waals surface area (Å²) in [6, 6.07) is 7.96. The van der Waals surface area contributed by atoms with Crippen molar-refractivity contribution in [3.63, 3.8) is 0 Å². The van der Waals surface area contributed by atoms with Gasteiger partial charge < -0.3 is 15.2 Å². The summed E-state index contributed by atoms with van der Waals surface area (Å²) in [5.41, 5.74) is 2.96. The van der Waals surface area contributed by atoms with Crippen LogP contribution in [0.1, 0.15) is 31.5 Å². The number of anilines is 1. The first-order valence-corrected chi connectivity index (χ1v) is 8.95. The van der Waals surface area contributed by atoms with Crippen molar-refractivity contribution in [1.82, 2.24) is 14.9 Å². The fraction of sp³-hybridized carbons (Fsp3) is 0.474. The Morgan fingerprint density at radius 2 is 2.04 bits per heavy atom. The standard InChI is InChI=1S/C19H24N4O/c24-19(12-20-11-14-4-5-14)21-16-8-6-15(7-9-16)17-13-23-10-2-1-3-18(23)22-17/h6-9,13-14,20H,1-5,10-12H2,(H,21,24). The van der Waals surface area contributed by atoms with E-state index in [0.29, 0.717) is 6.54 Å². The van der Waals surface area contributed by atoms with Gasteiger partial charge in [-0.15, -0.1) is 0 Å². The SMILES string of the molecule is O=C(CNCC1CC1)Nc1ccc(-c2cn3c(n2)CCCC3)cc1. The van der Waals surface area contributed by atoms with Gasteiger partial charge in [0.2, 0.25) is 5.91 Å². The molecule has 1 amide bonds. The maximum absolute atomic E-state index is 11.9. The van der Waals surface area contributed by atoms with Crippen LogP contribution in [0.15, 0.2) is 30.5 Å². The van der Waals surface area contributed by atoms with Crippen LogP contribution < -0.4 is 10.6 Å². The molecule has 5 heteroatoms. The molecule has 0 spiro atoms. The predicted molar refractivity (Wildman–Crippen MR) is 94.8 cm³/mol. The molecule has 1 aliphatic heterocycles.